The van der Waals surface area contributed by atoms with Gasteiger partial charge in [0.05, 0.1) is 0 Å². The van der Waals surface area contributed by atoms with E-state index in [1.807, 2.05) is 6.92 Å². The Labute approximate surface area is 109 Å². The lowest BCUT2D eigenvalue weighted by Crippen LogP contribution is -2.48. The van der Waals surface area contributed by atoms with Crippen LogP contribution in [0.15, 0.2) is 12.1 Å². The fourth-order valence-corrected chi connectivity index (χ4v) is 2.08. The van der Waals surface area contributed by atoms with Crippen LogP contribution < -0.4 is 10.6 Å². The number of hydrogen-bond donors (Lipinski definition) is 2. The van der Waals surface area contributed by atoms with Crippen LogP contribution >= 0.6 is 0 Å². The molecule has 0 radical (unpaired) electrons. The van der Waals surface area contributed by atoms with Gasteiger partial charge in [0, 0.05) is 24.2 Å². The number of rotatable bonds is 2. The van der Waals surface area contributed by atoms with E-state index < -0.39 is 23.4 Å². The van der Waals surface area contributed by atoms with Gasteiger partial charge in [0.1, 0.15) is 0 Å². The second-order valence-corrected chi connectivity index (χ2v) is 4.81. The topological polar surface area (TPSA) is 41.1 Å². The van der Waals surface area contributed by atoms with Gasteiger partial charge < -0.3 is 10.6 Å². The van der Waals surface area contributed by atoms with Crippen molar-refractivity contribution in [2.75, 3.05) is 6.54 Å². The van der Waals surface area contributed by atoms with E-state index in [4.69, 9.17) is 0 Å². The summed E-state index contributed by atoms with van der Waals surface area (Å²) in [4.78, 5) is 11.8. The SMILES string of the molecule is CC1CCC(NC(=O)c2cc(F)c(F)c(F)c2)CN1. The Bertz CT molecular complexity index is 462. The number of carbonyl (C=O) groups is 1. The third-order valence-electron chi connectivity index (χ3n) is 3.24. The minimum absolute atomic E-state index is 0.0834. The molecule has 2 N–H and O–H groups in total. The molecule has 1 fully saturated rings. The summed E-state index contributed by atoms with van der Waals surface area (Å²) in [6.45, 7) is 2.65. The van der Waals surface area contributed by atoms with E-state index in [1.165, 1.54) is 0 Å². The summed E-state index contributed by atoms with van der Waals surface area (Å²) in [6.07, 6.45) is 1.71. The molecular weight excluding hydrogens is 257 g/mol. The maximum absolute atomic E-state index is 13.0. The van der Waals surface area contributed by atoms with Gasteiger partial charge in [-0.25, -0.2) is 13.2 Å². The Morgan fingerprint density at radius 1 is 1.26 bits per heavy atom. The Hall–Kier alpha value is -1.56. The lowest BCUT2D eigenvalue weighted by atomic mass is 10.0. The Kier molecular flexibility index (Phi) is 4.09. The highest BCUT2D eigenvalue weighted by Crippen LogP contribution is 2.14. The van der Waals surface area contributed by atoms with Crippen molar-refractivity contribution < 1.29 is 18.0 Å². The molecule has 2 unspecified atom stereocenters. The van der Waals surface area contributed by atoms with Crippen molar-refractivity contribution in [3.05, 3.63) is 35.1 Å². The van der Waals surface area contributed by atoms with E-state index in [9.17, 15) is 18.0 Å². The molecule has 1 aliphatic heterocycles. The standard InChI is InChI=1S/C13H15F3N2O/c1-7-2-3-9(6-17-7)18-13(19)8-4-10(14)12(16)11(15)5-8/h4-5,7,9,17H,2-3,6H2,1H3,(H,18,19). The molecular formula is C13H15F3N2O. The number of carbonyl (C=O) groups excluding carboxylic acids is 1. The second-order valence-electron chi connectivity index (χ2n) is 4.81. The van der Waals surface area contributed by atoms with Crippen molar-refractivity contribution in [1.29, 1.82) is 0 Å². The summed E-state index contributed by atoms with van der Waals surface area (Å²) in [5, 5.41) is 5.87. The molecule has 0 aliphatic carbocycles. The minimum atomic E-state index is -1.57. The quantitative estimate of drug-likeness (QED) is 0.808. The van der Waals surface area contributed by atoms with Gasteiger partial charge in [-0.3, -0.25) is 4.79 Å². The molecule has 0 saturated carbocycles. The van der Waals surface area contributed by atoms with Gasteiger partial charge in [-0.05, 0) is 31.9 Å². The van der Waals surface area contributed by atoms with Crippen LogP contribution in [-0.2, 0) is 0 Å². The molecule has 3 nitrogen and oxygen atoms in total. The third-order valence-corrected chi connectivity index (χ3v) is 3.24. The first-order chi connectivity index (χ1) is 8.97. The largest absolute Gasteiger partial charge is 0.348 e. The fraction of sp³-hybridized carbons (Fsp3) is 0.462. The van der Waals surface area contributed by atoms with Gasteiger partial charge in [-0.1, -0.05) is 0 Å². The van der Waals surface area contributed by atoms with E-state index in [2.05, 4.69) is 10.6 Å². The van der Waals surface area contributed by atoms with Crippen LogP contribution in [0.2, 0.25) is 0 Å². The minimum Gasteiger partial charge on any atom is -0.348 e. The van der Waals surface area contributed by atoms with Gasteiger partial charge >= 0.3 is 0 Å². The van der Waals surface area contributed by atoms with E-state index in [-0.39, 0.29) is 11.6 Å². The van der Waals surface area contributed by atoms with Crippen LogP contribution in [0.1, 0.15) is 30.1 Å². The van der Waals surface area contributed by atoms with Crippen LogP contribution in [0.25, 0.3) is 0 Å². The average molecular weight is 272 g/mol. The first kappa shape index (κ1) is 13.9. The summed E-state index contributed by atoms with van der Waals surface area (Å²) < 4.78 is 38.8. The molecule has 104 valence electrons. The Balaban J connectivity index is 2.04. The number of halogens is 3. The molecule has 0 spiro atoms. The Morgan fingerprint density at radius 3 is 2.42 bits per heavy atom. The number of nitrogens with one attached hydrogen (secondary N) is 2. The van der Waals surface area contributed by atoms with Crippen LogP contribution in [0.5, 0.6) is 0 Å². The zero-order chi connectivity index (χ0) is 14.0. The van der Waals surface area contributed by atoms with E-state index in [0.717, 1.165) is 12.8 Å². The average Bonchev–Trinajstić information content (AvgIpc) is 2.38. The van der Waals surface area contributed by atoms with Crippen molar-refractivity contribution in [2.45, 2.75) is 31.8 Å². The molecule has 6 heteroatoms. The second kappa shape index (κ2) is 5.61. The molecule has 0 aromatic heterocycles. The maximum atomic E-state index is 13.0. The number of benzene rings is 1. The van der Waals surface area contributed by atoms with Crippen LogP contribution in [0, 0.1) is 17.5 Å². The molecule has 1 saturated heterocycles. The van der Waals surface area contributed by atoms with Crippen LogP contribution in [0.3, 0.4) is 0 Å². The van der Waals surface area contributed by atoms with E-state index in [1.54, 1.807) is 0 Å². The molecule has 19 heavy (non-hydrogen) atoms. The molecule has 1 aliphatic rings. The molecule has 0 bridgehead atoms. The van der Waals surface area contributed by atoms with Gasteiger partial charge in [0.25, 0.3) is 5.91 Å². The lowest BCUT2D eigenvalue weighted by molar-refractivity contribution is 0.0926. The summed E-state index contributed by atoms with van der Waals surface area (Å²) in [5.74, 6) is -4.88. The normalized spacial score (nSPS) is 23.2. The smallest absolute Gasteiger partial charge is 0.251 e. The summed E-state index contributed by atoms with van der Waals surface area (Å²) in [6, 6.07) is 1.72. The van der Waals surface area contributed by atoms with Crippen molar-refractivity contribution in [3.8, 4) is 0 Å². The van der Waals surface area contributed by atoms with Crippen molar-refractivity contribution >= 4 is 5.91 Å². The highest BCUT2D eigenvalue weighted by atomic mass is 19.2. The third kappa shape index (κ3) is 3.26. The first-order valence-corrected chi connectivity index (χ1v) is 6.16. The van der Waals surface area contributed by atoms with Crippen LogP contribution in [0.4, 0.5) is 13.2 Å². The van der Waals surface area contributed by atoms with E-state index >= 15 is 0 Å². The van der Waals surface area contributed by atoms with Crippen molar-refractivity contribution in [1.82, 2.24) is 10.6 Å². The van der Waals surface area contributed by atoms with E-state index in [0.29, 0.717) is 24.7 Å². The van der Waals surface area contributed by atoms with Crippen LogP contribution in [-0.4, -0.2) is 24.5 Å². The molecule has 2 rings (SSSR count). The molecule has 2 atom stereocenters. The van der Waals surface area contributed by atoms with Gasteiger partial charge in [-0.15, -0.1) is 0 Å². The molecule has 1 aromatic carbocycles. The maximum Gasteiger partial charge on any atom is 0.251 e. The fourth-order valence-electron chi connectivity index (χ4n) is 2.08. The zero-order valence-corrected chi connectivity index (χ0v) is 10.5. The summed E-state index contributed by atoms with van der Waals surface area (Å²) >= 11 is 0. The number of amides is 1. The predicted octanol–water partition coefficient (Wildman–Crippen LogP) is 1.97. The van der Waals surface area contributed by atoms with Crippen molar-refractivity contribution in [3.63, 3.8) is 0 Å². The zero-order valence-electron chi connectivity index (χ0n) is 10.5. The number of piperidine rings is 1. The monoisotopic (exact) mass is 272 g/mol. The van der Waals surface area contributed by atoms with Gasteiger partial charge in [0.2, 0.25) is 0 Å². The molecule has 1 amide bonds. The molecule has 1 aromatic rings. The van der Waals surface area contributed by atoms with Gasteiger partial charge in [0.15, 0.2) is 17.5 Å². The Morgan fingerprint density at radius 2 is 1.89 bits per heavy atom. The predicted molar refractivity (Wildman–Crippen MR) is 64.3 cm³/mol. The van der Waals surface area contributed by atoms with Crippen molar-refractivity contribution in [2.24, 2.45) is 0 Å². The molecule has 1 heterocycles. The number of hydrogen-bond acceptors (Lipinski definition) is 2. The lowest BCUT2D eigenvalue weighted by Gasteiger charge is -2.28. The first-order valence-electron chi connectivity index (χ1n) is 6.16. The highest BCUT2D eigenvalue weighted by molar-refractivity contribution is 5.94. The summed E-state index contributed by atoms with van der Waals surface area (Å²) in [7, 11) is 0. The highest BCUT2D eigenvalue weighted by Gasteiger charge is 2.21. The summed E-state index contributed by atoms with van der Waals surface area (Å²) in [5.41, 5.74) is -0.213. The van der Waals surface area contributed by atoms with Gasteiger partial charge in [-0.2, -0.15) is 0 Å².